The van der Waals surface area contributed by atoms with Crippen LogP contribution in [0.5, 0.6) is 0 Å². The molecular weight excluding hydrogens is 217 g/mol. The van der Waals surface area contributed by atoms with Crippen LogP contribution in [0.25, 0.3) is 0 Å². The van der Waals surface area contributed by atoms with Gasteiger partial charge >= 0.3 is 0 Å². The van der Waals surface area contributed by atoms with Gasteiger partial charge in [0.25, 0.3) is 0 Å². The number of aliphatic hydroxyl groups excluding tert-OH is 1. The van der Waals surface area contributed by atoms with Gasteiger partial charge in [-0.3, -0.25) is 4.98 Å². The van der Waals surface area contributed by atoms with Crippen LogP contribution in [0, 0.1) is 19.7 Å². The van der Waals surface area contributed by atoms with Crippen molar-refractivity contribution in [2.24, 2.45) is 0 Å². The van der Waals surface area contributed by atoms with E-state index < -0.39 is 6.10 Å². The summed E-state index contributed by atoms with van der Waals surface area (Å²) in [5, 5.41) is 10.3. The molecule has 0 amide bonds. The summed E-state index contributed by atoms with van der Waals surface area (Å²) in [6.07, 6.45) is 0.835. The van der Waals surface area contributed by atoms with E-state index in [1.807, 2.05) is 19.1 Å². The SMILES string of the molecule is Cc1cc(F)ccc1C(O)c1ncccc1C. The van der Waals surface area contributed by atoms with E-state index in [2.05, 4.69) is 4.98 Å². The molecule has 2 rings (SSSR count). The maximum absolute atomic E-state index is 13.0. The summed E-state index contributed by atoms with van der Waals surface area (Å²) in [5.74, 6) is -0.295. The van der Waals surface area contributed by atoms with E-state index in [0.717, 1.165) is 11.1 Å². The Kier molecular flexibility index (Phi) is 3.20. The lowest BCUT2D eigenvalue weighted by atomic mass is 9.98. The average Bonchev–Trinajstić information content (AvgIpc) is 2.29. The summed E-state index contributed by atoms with van der Waals surface area (Å²) in [6, 6.07) is 8.08. The van der Waals surface area contributed by atoms with Gasteiger partial charge in [0.05, 0.1) is 5.69 Å². The van der Waals surface area contributed by atoms with Crippen molar-refractivity contribution in [2.75, 3.05) is 0 Å². The van der Waals surface area contributed by atoms with Crippen LogP contribution >= 0.6 is 0 Å². The minimum Gasteiger partial charge on any atom is -0.382 e. The van der Waals surface area contributed by atoms with Crippen molar-refractivity contribution < 1.29 is 9.50 Å². The van der Waals surface area contributed by atoms with Gasteiger partial charge in [-0.1, -0.05) is 12.1 Å². The number of pyridine rings is 1. The smallest absolute Gasteiger partial charge is 0.123 e. The van der Waals surface area contributed by atoms with E-state index in [-0.39, 0.29) is 5.82 Å². The van der Waals surface area contributed by atoms with Crippen LogP contribution in [0.4, 0.5) is 4.39 Å². The number of benzene rings is 1. The molecular formula is C14H14FNO. The Morgan fingerprint density at radius 2 is 1.94 bits per heavy atom. The number of aromatic nitrogens is 1. The van der Waals surface area contributed by atoms with E-state index in [1.165, 1.54) is 12.1 Å². The van der Waals surface area contributed by atoms with Crippen molar-refractivity contribution in [3.05, 3.63) is 64.7 Å². The first-order valence-electron chi connectivity index (χ1n) is 5.45. The van der Waals surface area contributed by atoms with Gasteiger partial charge in [-0.05, 0) is 48.7 Å². The van der Waals surface area contributed by atoms with Crippen molar-refractivity contribution in [1.29, 1.82) is 0 Å². The zero-order chi connectivity index (χ0) is 12.4. The van der Waals surface area contributed by atoms with E-state index >= 15 is 0 Å². The molecule has 2 nitrogen and oxygen atoms in total. The van der Waals surface area contributed by atoms with Crippen LogP contribution in [0.15, 0.2) is 36.5 Å². The fourth-order valence-electron chi connectivity index (χ4n) is 1.88. The normalized spacial score (nSPS) is 12.5. The fraction of sp³-hybridized carbons (Fsp3) is 0.214. The number of aryl methyl sites for hydroxylation is 2. The molecule has 1 N–H and O–H groups in total. The van der Waals surface area contributed by atoms with Crippen molar-refractivity contribution in [2.45, 2.75) is 20.0 Å². The Morgan fingerprint density at radius 3 is 2.59 bits per heavy atom. The molecule has 0 saturated carbocycles. The molecule has 0 saturated heterocycles. The molecule has 2 aromatic rings. The summed E-state index contributed by atoms with van der Waals surface area (Å²) in [6.45, 7) is 3.67. The zero-order valence-corrected chi connectivity index (χ0v) is 9.81. The number of hydrogen-bond donors (Lipinski definition) is 1. The minimum absolute atomic E-state index is 0.295. The van der Waals surface area contributed by atoms with E-state index in [1.54, 1.807) is 19.2 Å². The third-order valence-electron chi connectivity index (χ3n) is 2.84. The van der Waals surface area contributed by atoms with Gasteiger partial charge in [0.1, 0.15) is 11.9 Å². The van der Waals surface area contributed by atoms with E-state index in [9.17, 15) is 9.50 Å². The van der Waals surface area contributed by atoms with Crippen LogP contribution in [0.2, 0.25) is 0 Å². The molecule has 1 atom stereocenters. The van der Waals surface area contributed by atoms with E-state index in [4.69, 9.17) is 0 Å². The number of nitrogens with zero attached hydrogens (tertiary/aromatic N) is 1. The van der Waals surface area contributed by atoms with Crippen molar-refractivity contribution >= 4 is 0 Å². The van der Waals surface area contributed by atoms with Gasteiger partial charge in [-0.25, -0.2) is 4.39 Å². The van der Waals surface area contributed by atoms with E-state index in [0.29, 0.717) is 11.3 Å². The highest BCUT2D eigenvalue weighted by Gasteiger charge is 2.16. The first-order chi connectivity index (χ1) is 8.09. The fourth-order valence-corrected chi connectivity index (χ4v) is 1.88. The molecule has 0 aliphatic carbocycles. The largest absolute Gasteiger partial charge is 0.382 e. The molecule has 1 unspecified atom stereocenters. The first-order valence-corrected chi connectivity index (χ1v) is 5.45. The molecule has 1 aromatic carbocycles. The minimum atomic E-state index is -0.809. The van der Waals surface area contributed by atoms with Crippen LogP contribution in [-0.2, 0) is 0 Å². The summed E-state index contributed by atoms with van der Waals surface area (Å²) in [7, 11) is 0. The molecule has 0 spiro atoms. The predicted molar refractivity (Wildman–Crippen MR) is 64.2 cm³/mol. The number of hydrogen-bond acceptors (Lipinski definition) is 2. The maximum Gasteiger partial charge on any atom is 0.123 e. The van der Waals surface area contributed by atoms with Crippen LogP contribution in [-0.4, -0.2) is 10.1 Å². The molecule has 3 heteroatoms. The topological polar surface area (TPSA) is 33.1 Å². The van der Waals surface area contributed by atoms with Gasteiger partial charge in [0, 0.05) is 6.20 Å². The second-order valence-electron chi connectivity index (χ2n) is 4.11. The van der Waals surface area contributed by atoms with Gasteiger partial charge in [-0.15, -0.1) is 0 Å². The first kappa shape index (κ1) is 11.7. The van der Waals surface area contributed by atoms with Gasteiger partial charge in [0.15, 0.2) is 0 Å². The third kappa shape index (κ3) is 2.34. The lowest BCUT2D eigenvalue weighted by molar-refractivity contribution is 0.213. The molecule has 0 aliphatic rings. The Hall–Kier alpha value is -1.74. The molecule has 0 aliphatic heterocycles. The maximum atomic E-state index is 13.0. The quantitative estimate of drug-likeness (QED) is 0.862. The van der Waals surface area contributed by atoms with Crippen molar-refractivity contribution in [3.63, 3.8) is 0 Å². The highest BCUT2D eigenvalue weighted by molar-refractivity contribution is 5.35. The second kappa shape index (κ2) is 4.63. The number of halogens is 1. The van der Waals surface area contributed by atoms with Crippen molar-refractivity contribution in [1.82, 2.24) is 4.98 Å². The van der Waals surface area contributed by atoms with Crippen LogP contribution < -0.4 is 0 Å². The molecule has 17 heavy (non-hydrogen) atoms. The Labute approximate surface area is 99.8 Å². The highest BCUT2D eigenvalue weighted by atomic mass is 19.1. The molecule has 1 aromatic heterocycles. The van der Waals surface area contributed by atoms with Crippen LogP contribution in [0.3, 0.4) is 0 Å². The van der Waals surface area contributed by atoms with Gasteiger partial charge < -0.3 is 5.11 Å². The van der Waals surface area contributed by atoms with Gasteiger partial charge in [-0.2, -0.15) is 0 Å². The number of aliphatic hydroxyl groups is 1. The van der Waals surface area contributed by atoms with Crippen LogP contribution in [0.1, 0.15) is 28.5 Å². The van der Waals surface area contributed by atoms with Crippen molar-refractivity contribution in [3.8, 4) is 0 Å². The lowest BCUT2D eigenvalue weighted by Gasteiger charge is -2.15. The number of rotatable bonds is 2. The highest BCUT2D eigenvalue weighted by Crippen LogP contribution is 2.25. The molecule has 88 valence electrons. The Balaban J connectivity index is 2.44. The monoisotopic (exact) mass is 231 g/mol. The molecule has 0 radical (unpaired) electrons. The summed E-state index contributed by atoms with van der Waals surface area (Å²) < 4.78 is 13.0. The summed E-state index contributed by atoms with van der Waals surface area (Å²) in [5.41, 5.74) is 2.95. The lowest BCUT2D eigenvalue weighted by Crippen LogP contribution is -2.06. The zero-order valence-electron chi connectivity index (χ0n) is 9.81. The molecule has 0 bridgehead atoms. The van der Waals surface area contributed by atoms with Gasteiger partial charge in [0.2, 0.25) is 0 Å². The second-order valence-corrected chi connectivity index (χ2v) is 4.11. The molecule has 0 fully saturated rings. The summed E-state index contributed by atoms with van der Waals surface area (Å²) >= 11 is 0. The third-order valence-corrected chi connectivity index (χ3v) is 2.84. The standard InChI is InChI=1S/C14H14FNO/c1-9-4-3-7-16-13(9)14(17)12-6-5-11(15)8-10(12)2/h3-8,14,17H,1-2H3. The average molecular weight is 231 g/mol. The summed E-state index contributed by atoms with van der Waals surface area (Å²) in [4.78, 5) is 4.17. The predicted octanol–water partition coefficient (Wildman–Crippen LogP) is 2.92. The Bertz CT molecular complexity index is 539. The molecule has 1 heterocycles. The Morgan fingerprint density at radius 1 is 1.18 bits per heavy atom.